The number of carbonyl (C=O) groups excluding carboxylic acids is 1. The van der Waals surface area contributed by atoms with Crippen LogP contribution in [0.1, 0.15) is 27.3 Å². The molecule has 0 N–H and O–H groups in total. The van der Waals surface area contributed by atoms with Crippen LogP contribution in [0.25, 0.3) is 11.3 Å². The first-order chi connectivity index (χ1) is 12.6. The lowest BCUT2D eigenvalue weighted by molar-refractivity contribution is 0.0593. The van der Waals surface area contributed by atoms with Gasteiger partial charge in [0.2, 0.25) is 0 Å². The number of nitrogens with zero attached hydrogens (tertiary/aromatic N) is 4. The van der Waals surface area contributed by atoms with E-state index in [0.29, 0.717) is 25.1 Å². The van der Waals surface area contributed by atoms with Gasteiger partial charge in [-0.1, -0.05) is 6.07 Å². The number of hydrogen-bond donors (Lipinski definition) is 0. The second-order valence-electron chi connectivity index (χ2n) is 6.16. The Morgan fingerprint density at radius 1 is 1.35 bits per heavy atom. The van der Waals surface area contributed by atoms with E-state index in [9.17, 15) is 4.79 Å². The molecule has 7 heteroatoms. The monoisotopic (exact) mass is 350 g/mol. The third-order valence-corrected chi connectivity index (χ3v) is 4.32. The summed E-state index contributed by atoms with van der Waals surface area (Å²) < 4.78 is 12.3. The topological polar surface area (TPSA) is 79.1 Å². The summed E-state index contributed by atoms with van der Waals surface area (Å²) >= 11 is 0. The SMILES string of the molecule is COC(=O)c1cc(Cc2ccc(-c3cnn(C)c3)nc2)c2c(n1)CCO2. The van der Waals surface area contributed by atoms with Gasteiger partial charge in [0.1, 0.15) is 11.4 Å². The molecule has 0 aromatic carbocycles. The van der Waals surface area contributed by atoms with Crippen LogP contribution in [0, 0.1) is 0 Å². The number of carbonyl (C=O) groups is 1. The van der Waals surface area contributed by atoms with Crippen LogP contribution < -0.4 is 4.74 Å². The number of ether oxygens (including phenoxy) is 2. The number of aryl methyl sites for hydroxylation is 1. The van der Waals surface area contributed by atoms with E-state index in [0.717, 1.165) is 33.8 Å². The summed E-state index contributed by atoms with van der Waals surface area (Å²) in [6.07, 6.45) is 6.85. The molecule has 0 saturated carbocycles. The Bertz CT molecular complexity index is 963. The van der Waals surface area contributed by atoms with Crippen molar-refractivity contribution in [1.82, 2.24) is 19.7 Å². The van der Waals surface area contributed by atoms with E-state index in [4.69, 9.17) is 9.47 Å². The number of pyridine rings is 2. The third kappa shape index (κ3) is 3.03. The number of esters is 1. The minimum Gasteiger partial charge on any atom is -0.491 e. The van der Waals surface area contributed by atoms with Crippen molar-refractivity contribution < 1.29 is 14.3 Å². The summed E-state index contributed by atoms with van der Waals surface area (Å²) in [5.74, 6) is 0.333. The van der Waals surface area contributed by atoms with E-state index in [1.807, 2.05) is 31.6 Å². The van der Waals surface area contributed by atoms with Gasteiger partial charge >= 0.3 is 5.97 Å². The summed E-state index contributed by atoms with van der Waals surface area (Å²) in [5.41, 5.74) is 4.91. The largest absolute Gasteiger partial charge is 0.491 e. The minimum atomic E-state index is -0.439. The maximum absolute atomic E-state index is 11.9. The van der Waals surface area contributed by atoms with Crippen molar-refractivity contribution >= 4 is 5.97 Å². The summed E-state index contributed by atoms with van der Waals surface area (Å²) in [6, 6.07) is 5.73. The molecule has 0 atom stereocenters. The standard InChI is InChI=1S/C19H18N4O3/c1-23-11-14(10-21-23)15-4-3-12(9-20-15)7-13-8-17(19(24)25-2)22-16-5-6-26-18(13)16/h3-4,8-11H,5-7H2,1-2H3. The second-order valence-corrected chi connectivity index (χ2v) is 6.16. The molecule has 1 aliphatic heterocycles. The van der Waals surface area contributed by atoms with Gasteiger partial charge < -0.3 is 9.47 Å². The van der Waals surface area contributed by atoms with E-state index in [1.54, 1.807) is 16.9 Å². The van der Waals surface area contributed by atoms with Crippen LogP contribution in [0.2, 0.25) is 0 Å². The van der Waals surface area contributed by atoms with Crippen LogP contribution in [0.4, 0.5) is 0 Å². The molecule has 0 amide bonds. The van der Waals surface area contributed by atoms with E-state index in [2.05, 4.69) is 15.1 Å². The summed E-state index contributed by atoms with van der Waals surface area (Å²) in [7, 11) is 3.23. The van der Waals surface area contributed by atoms with Crippen LogP contribution in [-0.4, -0.2) is 39.4 Å². The third-order valence-electron chi connectivity index (χ3n) is 4.32. The fourth-order valence-corrected chi connectivity index (χ4v) is 3.05. The molecule has 26 heavy (non-hydrogen) atoms. The highest BCUT2D eigenvalue weighted by atomic mass is 16.5. The van der Waals surface area contributed by atoms with Gasteiger partial charge in [-0.15, -0.1) is 0 Å². The molecule has 0 spiro atoms. The average Bonchev–Trinajstić information content (AvgIpc) is 3.30. The van der Waals surface area contributed by atoms with Gasteiger partial charge in [0.05, 0.1) is 31.3 Å². The quantitative estimate of drug-likeness (QED) is 0.671. The fraction of sp³-hybridized carbons (Fsp3) is 0.263. The predicted octanol–water partition coefficient (Wildman–Crippen LogP) is 2.19. The molecule has 7 nitrogen and oxygen atoms in total. The molecule has 4 rings (SSSR count). The van der Waals surface area contributed by atoms with Gasteiger partial charge in [-0.3, -0.25) is 9.67 Å². The van der Waals surface area contributed by atoms with Crippen molar-refractivity contribution in [2.45, 2.75) is 12.8 Å². The van der Waals surface area contributed by atoms with Gasteiger partial charge in [0.25, 0.3) is 0 Å². The molecular formula is C19H18N4O3. The number of aromatic nitrogens is 4. The molecule has 4 heterocycles. The van der Waals surface area contributed by atoms with Crippen LogP contribution in [0.15, 0.2) is 36.8 Å². The van der Waals surface area contributed by atoms with Crippen molar-refractivity contribution in [2.75, 3.05) is 13.7 Å². The molecule has 1 aliphatic rings. The zero-order chi connectivity index (χ0) is 18.1. The molecule has 3 aromatic rings. The highest BCUT2D eigenvalue weighted by Gasteiger charge is 2.22. The molecule has 0 aliphatic carbocycles. The average molecular weight is 350 g/mol. The first-order valence-electron chi connectivity index (χ1n) is 8.32. The molecule has 0 bridgehead atoms. The second kappa shape index (κ2) is 6.59. The van der Waals surface area contributed by atoms with Gasteiger partial charge in [0.15, 0.2) is 0 Å². The first-order valence-corrected chi connectivity index (χ1v) is 8.32. The van der Waals surface area contributed by atoms with Crippen LogP contribution in [0.5, 0.6) is 5.75 Å². The van der Waals surface area contributed by atoms with Crippen LogP contribution >= 0.6 is 0 Å². The zero-order valence-corrected chi connectivity index (χ0v) is 14.6. The predicted molar refractivity (Wildman–Crippen MR) is 94.0 cm³/mol. The van der Waals surface area contributed by atoms with Crippen LogP contribution in [0.3, 0.4) is 0 Å². The Kier molecular flexibility index (Phi) is 4.12. The van der Waals surface area contributed by atoms with Crippen LogP contribution in [-0.2, 0) is 24.6 Å². The summed E-state index contributed by atoms with van der Waals surface area (Å²) in [6.45, 7) is 0.582. The molecule has 132 valence electrons. The van der Waals surface area contributed by atoms with Gasteiger partial charge in [-0.2, -0.15) is 5.10 Å². The lowest BCUT2D eigenvalue weighted by Gasteiger charge is -2.10. The maximum atomic E-state index is 11.9. The number of hydrogen-bond acceptors (Lipinski definition) is 6. The van der Waals surface area contributed by atoms with Crippen molar-refractivity contribution in [2.24, 2.45) is 7.05 Å². The molecular weight excluding hydrogens is 332 g/mol. The Labute approximate surface area is 150 Å². The van der Waals surface area contributed by atoms with Crippen molar-refractivity contribution in [1.29, 1.82) is 0 Å². The highest BCUT2D eigenvalue weighted by Crippen LogP contribution is 2.31. The summed E-state index contributed by atoms with van der Waals surface area (Å²) in [4.78, 5) is 20.8. The van der Waals surface area contributed by atoms with Gasteiger partial charge in [0, 0.05) is 43.4 Å². The maximum Gasteiger partial charge on any atom is 0.356 e. The van der Waals surface area contributed by atoms with Crippen molar-refractivity contribution in [3.05, 3.63) is 59.3 Å². The zero-order valence-electron chi connectivity index (χ0n) is 14.6. The number of fused-ring (bicyclic) bond motifs is 1. The Hall–Kier alpha value is -3.22. The van der Waals surface area contributed by atoms with E-state index >= 15 is 0 Å². The Balaban J connectivity index is 1.63. The number of methoxy groups -OCH3 is 1. The lowest BCUT2D eigenvalue weighted by Crippen LogP contribution is -2.07. The smallest absolute Gasteiger partial charge is 0.356 e. The van der Waals surface area contributed by atoms with E-state index in [-0.39, 0.29) is 0 Å². The fourth-order valence-electron chi connectivity index (χ4n) is 3.05. The lowest BCUT2D eigenvalue weighted by atomic mass is 10.0. The molecule has 0 unspecified atom stereocenters. The first kappa shape index (κ1) is 16.3. The van der Waals surface area contributed by atoms with Crippen molar-refractivity contribution in [3.63, 3.8) is 0 Å². The van der Waals surface area contributed by atoms with E-state index < -0.39 is 5.97 Å². The van der Waals surface area contributed by atoms with Gasteiger partial charge in [-0.05, 0) is 17.7 Å². The molecule has 0 saturated heterocycles. The Morgan fingerprint density at radius 2 is 2.23 bits per heavy atom. The normalized spacial score (nSPS) is 12.5. The number of rotatable bonds is 4. The Morgan fingerprint density at radius 3 is 2.92 bits per heavy atom. The minimum absolute atomic E-state index is 0.312. The highest BCUT2D eigenvalue weighted by molar-refractivity contribution is 5.87. The van der Waals surface area contributed by atoms with Crippen molar-refractivity contribution in [3.8, 4) is 17.0 Å². The molecule has 3 aromatic heterocycles. The molecule has 0 fully saturated rings. The van der Waals surface area contributed by atoms with E-state index in [1.165, 1.54) is 7.11 Å². The summed E-state index contributed by atoms with van der Waals surface area (Å²) in [5, 5.41) is 4.17. The molecule has 0 radical (unpaired) electrons. The van der Waals surface area contributed by atoms with Gasteiger partial charge in [-0.25, -0.2) is 9.78 Å².